The van der Waals surface area contributed by atoms with Crippen LogP contribution < -0.4 is 5.32 Å². The summed E-state index contributed by atoms with van der Waals surface area (Å²) in [6.45, 7) is 1.09. The van der Waals surface area contributed by atoms with Gasteiger partial charge in [0.05, 0.1) is 12.9 Å². The van der Waals surface area contributed by atoms with Crippen LogP contribution in [0.25, 0.3) is 0 Å². The number of fused-ring (bicyclic) bond motifs is 1. The molecule has 1 aliphatic rings. The van der Waals surface area contributed by atoms with E-state index in [1.165, 1.54) is 16.7 Å². The van der Waals surface area contributed by atoms with E-state index in [-0.39, 0.29) is 31.3 Å². The molecular weight excluding hydrogens is 328 g/mol. The molecule has 7 heteroatoms. The predicted octanol–water partition coefficient (Wildman–Crippen LogP) is 1.86. The van der Waals surface area contributed by atoms with Gasteiger partial charge in [-0.3, -0.25) is 9.59 Å². The van der Waals surface area contributed by atoms with Crippen molar-refractivity contribution in [3.8, 4) is 0 Å². The highest BCUT2D eigenvalue weighted by atomic mass is 32.1. The van der Waals surface area contributed by atoms with E-state index < -0.39 is 6.04 Å². The monoisotopic (exact) mass is 348 g/mol. The van der Waals surface area contributed by atoms with E-state index >= 15 is 0 Å². The molecule has 3 heterocycles. The molecule has 0 aromatic carbocycles. The maximum atomic E-state index is 12.3. The topological polar surface area (TPSA) is 82.8 Å². The lowest BCUT2D eigenvalue weighted by molar-refractivity contribution is -0.134. The summed E-state index contributed by atoms with van der Waals surface area (Å²) in [6.07, 6.45) is 2.64. The van der Waals surface area contributed by atoms with Crippen LogP contribution in [0.4, 0.5) is 0 Å². The highest BCUT2D eigenvalue weighted by Gasteiger charge is 2.22. The average Bonchev–Trinajstić information content (AvgIpc) is 3.27. The van der Waals surface area contributed by atoms with E-state index in [9.17, 15) is 14.7 Å². The predicted molar refractivity (Wildman–Crippen MR) is 89.4 cm³/mol. The summed E-state index contributed by atoms with van der Waals surface area (Å²) in [4.78, 5) is 27.5. The Kier molecular flexibility index (Phi) is 5.32. The summed E-state index contributed by atoms with van der Waals surface area (Å²) >= 11 is 1.73. The lowest BCUT2D eigenvalue weighted by atomic mass is 10.1. The van der Waals surface area contributed by atoms with Crippen LogP contribution >= 0.6 is 11.3 Å². The number of nitrogens with zero attached hydrogens (tertiary/aromatic N) is 1. The second kappa shape index (κ2) is 7.63. The van der Waals surface area contributed by atoms with Crippen molar-refractivity contribution in [1.29, 1.82) is 0 Å². The first-order valence-electron chi connectivity index (χ1n) is 7.94. The number of rotatable bonds is 6. The highest BCUT2D eigenvalue weighted by molar-refractivity contribution is 7.10. The van der Waals surface area contributed by atoms with Crippen LogP contribution in [0.15, 0.2) is 34.3 Å². The van der Waals surface area contributed by atoms with E-state index in [0.29, 0.717) is 18.8 Å². The van der Waals surface area contributed by atoms with Gasteiger partial charge in [-0.1, -0.05) is 0 Å². The molecule has 2 amide bonds. The molecular formula is C17H20N2O4S. The third kappa shape index (κ3) is 3.85. The molecule has 1 unspecified atom stereocenters. The second-order valence-corrected chi connectivity index (χ2v) is 6.75. The van der Waals surface area contributed by atoms with E-state index in [1.807, 2.05) is 0 Å². The fourth-order valence-corrected chi connectivity index (χ4v) is 3.69. The van der Waals surface area contributed by atoms with Gasteiger partial charge in [0.1, 0.15) is 11.8 Å². The van der Waals surface area contributed by atoms with Gasteiger partial charge in [-0.15, -0.1) is 11.3 Å². The maximum absolute atomic E-state index is 12.3. The van der Waals surface area contributed by atoms with Crippen molar-refractivity contribution < 1.29 is 19.1 Å². The number of amides is 2. The minimum absolute atomic E-state index is 0.0134. The summed E-state index contributed by atoms with van der Waals surface area (Å²) in [5.41, 5.74) is 1.21. The molecule has 0 saturated heterocycles. The van der Waals surface area contributed by atoms with Gasteiger partial charge in [-0.25, -0.2) is 0 Å². The normalized spacial score (nSPS) is 15.0. The largest absolute Gasteiger partial charge is 0.467 e. The zero-order chi connectivity index (χ0) is 16.9. The third-order valence-electron chi connectivity index (χ3n) is 4.13. The van der Waals surface area contributed by atoms with Gasteiger partial charge in [0.15, 0.2) is 0 Å². The van der Waals surface area contributed by atoms with Crippen molar-refractivity contribution in [2.75, 3.05) is 13.2 Å². The minimum Gasteiger partial charge on any atom is -0.467 e. The molecule has 2 N–H and O–H groups in total. The smallest absolute Gasteiger partial charge is 0.223 e. The highest BCUT2D eigenvalue weighted by Crippen LogP contribution is 2.24. The van der Waals surface area contributed by atoms with E-state index in [2.05, 4.69) is 16.8 Å². The summed E-state index contributed by atoms with van der Waals surface area (Å²) in [5, 5.41) is 14.1. The van der Waals surface area contributed by atoms with Gasteiger partial charge in [0.2, 0.25) is 11.8 Å². The molecule has 6 nitrogen and oxygen atoms in total. The number of hydrogen-bond donors (Lipinski definition) is 2. The fourth-order valence-electron chi connectivity index (χ4n) is 2.80. The summed E-state index contributed by atoms with van der Waals surface area (Å²) in [7, 11) is 0. The van der Waals surface area contributed by atoms with Gasteiger partial charge in [-0.2, -0.15) is 0 Å². The Balaban J connectivity index is 1.47. The molecule has 2 aromatic heterocycles. The summed E-state index contributed by atoms with van der Waals surface area (Å²) < 4.78 is 5.18. The maximum Gasteiger partial charge on any atom is 0.223 e. The zero-order valence-corrected chi connectivity index (χ0v) is 14.1. The summed E-state index contributed by atoms with van der Waals surface area (Å²) in [5.74, 6) is 0.214. The van der Waals surface area contributed by atoms with E-state index in [4.69, 9.17) is 4.42 Å². The number of hydrogen-bond acceptors (Lipinski definition) is 5. The molecule has 128 valence electrons. The summed E-state index contributed by atoms with van der Waals surface area (Å²) in [6, 6.07) is 4.87. The number of aliphatic hydroxyl groups is 1. The molecule has 3 rings (SSSR count). The molecule has 0 aliphatic carbocycles. The Morgan fingerprint density at radius 3 is 3.00 bits per heavy atom. The first kappa shape index (κ1) is 16.7. The number of aliphatic hydroxyl groups excluding tert-OH is 1. The lowest BCUT2D eigenvalue weighted by Gasteiger charge is -2.27. The fraction of sp³-hybridized carbons (Fsp3) is 0.412. The van der Waals surface area contributed by atoms with Crippen LogP contribution in [0.3, 0.4) is 0 Å². The van der Waals surface area contributed by atoms with Gasteiger partial charge in [0, 0.05) is 30.8 Å². The van der Waals surface area contributed by atoms with Crippen LogP contribution in [-0.2, 0) is 22.6 Å². The number of nitrogens with one attached hydrogen (secondary N) is 1. The molecule has 1 atom stereocenters. The lowest BCUT2D eigenvalue weighted by Crippen LogP contribution is -2.36. The van der Waals surface area contributed by atoms with Crippen molar-refractivity contribution in [3.05, 3.63) is 46.0 Å². The molecule has 0 radical (unpaired) electrons. The van der Waals surface area contributed by atoms with Crippen molar-refractivity contribution in [2.45, 2.75) is 31.8 Å². The Morgan fingerprint density at radius 2 is 2.25 bits per heavy atom. The Bertz CT molecular complexity index is 695. The minimum atomic E-state index is -0.578. The van der Waals surface area contributed by atoms with Crippen molar-refractivity contribution in [1.82, 2.24) is 10.2 Å². The molecule has 2 aromatic rings. The van der Waals surface area contributed by atoms with Crippen molar-refractivity contribution in [2.24, 2.45) is 0 Å². The van der Waals surface area contributed by atoms with Crippen LogP contribution in [-0.4, -0.2) is 35.0 Å². The van der Waals surface area contributed by atoms with E-state index in [0.717, 1.165) is 6.42 Å². The van der Waals surface area contributed by atoms with Gasteiger partial charge in [-0.05, 0) is 35.6 Å². The Labute approximate surface area is 144 Å². The standard InChI is InChI=1S/C17H20N2O4S/c20-11-13(14-2-1-8-23-14)18-16(21)3-4-17(22)19-7-5-15-12(10-19)6-9-24-15/h1-2,6,8-9,13,20H,3-5,7,10-11H2,(H,18,21). The zero-order valence-electron chi connectivity index (χ0n) is 13.2. The van der Waals surface area contributed by atoms with Crippen LogP contribution in [0.5, 0.6) is 0 Å². The van der Waals surface area contributed by atoms with E-state index in [1.54, 1.807) is 28.4 Å². The van der Waals surface area contributed by atoms with Crippen LogP contribution in [0.2, 0.25) is 0 Å². The number of carbonyl (C=O) groups excluding carboxylic acids is 2. The molecule has 1 aliphatic heterocycles. The van der Waals surface area contributed by atoms with Crippen molar-refractivity contribution in [3.63, 3.8) is 0 Å². The SMILES string of the molecule is O=C(CCC(=O)N1CCc2sccc2C1)NC(CO)c1ccco1. The molecule has 0 saturated carbocycles. The number of carbonyl (C=O) groups is 2. The molecule has 24 heavy (non-hydrogen) atoms. The Morgan fingerprint density at radius 1 is 1.38 bits per heavy atom. The number of thiophene rings is 1. The molecule has 0 spiro atoms. The van der Waals surface area contributed by atoms with Crippen molar-refractivity contribution >= 4 is 23.2 Å². The Hall–Kier alpha value is -2.12. The number of furan rings is 1. The first-order valence-corrected chi connectivity index (χ1v) is 8.82. The van der Waals surface area contributed by atoms with Gasteiger partial charge in [0.25, 0.3) is 0 Å². The van der Waals surface area contributed by atoms with Gasteiger partial charge >= 0.3 is 0 Å². The van der Waals surface area contributed by atoms with Crippen LogP contribution in [0.1, 0.15) is 35.1 Å². The molecule has 0 fully saturated rings. The first-order chi connectivity index (χ1) is 11.7. The quantitative estimate of drug-likeness (QED) is 0.835. The second-order valence-electron chi connectivity index (χ2n) is 5.75. The van der Waals surface area contributed by atoms with Crippen LogP contribution in [0, 0.1) is 0 Å². The average molecular weight is 348 g/mol. The molecule has 0 bridgehead atoms. The third-order valence-corrected chi connectivity index (χ3v) is 5.15. The van der Waals surface area contributed by atoms with Gasteiger partial charge < -0.3 is 19.7 Å².